The van der Waals surface area contributed by atoms with Crippen LogP contribution in [0.3, 0.4) is 0 Å². The molecule has 0 amide bonds. The van der Waals surface area contributed by atoms with E-state index in [4.69, 9.17) is 10.5 Å². The minimum Gasteiger partial charge on any atom is -0.494 e. The third kappa shape index (κ3) is 3.11. The van der Waals surface area contributed by atoms with Crippen LogP contribution in [0, 0.1) is 11.8 Å². The Hall–Kier alpha value is -1.02. The Morgan fingerprint density at radius 2 is 1.89 bits per heavy atom. The summed E-state index contributed by atoms with van der Waals surface area (Å²) in [5.41, 5.74) is 7.69. The molecule has 2 N–H and O–H groups in total. The van der Waals surface area contributed by atoms with E-state index in [1.807, 2.05) is 19.1 Å². The van der Waals surface area contributed by atoms with Gasteiger partial charge in [0.1, 0.15) is 5.75 Å². The summed E-state index contributed by atoms with van der Waals surface area (Å²) in [5.74, 6) is 2.57. The lowest BCUT2D eigenvalue weighted by Gasteiger charge is -2.39. The molecular weight excluding hydrogens is 234 g/mol. The third-order valence-corrected chi connectivity index (χ3v) is 4.59. The fourth-order valence-electron chi connectivity index (χ4n) is 3.25. The first kappa shape index (κ1) is 14.4. The average molecular weight is 261 g/mol. The molecule has 0 radical (unpaired) electrons. The second-order valence-electron chi connectivity index (χ2n) is 6.17. The van der Waals surface area contributed by atoms with Crippen molar-refractivity contribution in [2.75, 3.05) is 6.61 Å². The summed E-state index contributed by atoms with van der Waals surface area (Å²) in [4.78, 5) is 0. The van der Waals surface area contributed by atoms with Crippen LogP contribution in [0.15, 0.2) is 24.3 Å². The van der Waals surface area contributed by atoms with Gasteiger partial charge in [0.15, 0.2) is 0 Å². The van der Waals surface area contributed by atoms with E-state index in [0.717, 1.165) is 30.4 Å². The van der Waals surface area contributed by atoms with Crippen LogP contribution in [-0.4, -0.2) is 6.61 Å². The summed E-state index contributed by atoms with van der Waals surface area (Å²) in [7, 11) is 0. The number of hydrogen-bond donors (Lipinski definition) is 1. The zero-order chi connectivity index (χ0) is 13.9. The zero-order valence-corrected chi connectivity index (χ0v) is 12.5. The van der Waals surface area contributed by atoms with Crippen molar-refractivity contribution in [2.45, 2.75) is 52.0 Å². The fourth-order valence-corrected chi connectivity index (χ4v) is 3.25. The first-order valence-corrected chi connectivity index (χ1v) is 7.58. The average Bonchev–Trinajstić information content (AvgIpc) is 2.40. The number of ether oxygens (including phenoxy) is 1. The number of rotatable bonds is 4. The molecule has 0 bridgehead atoms. The van der Waals surface area contributed by atoms with Gasteiger partial charge in [0.25, 0.3) is 0 Å². The van der Waals surface area contributed by atoms with Crippen molar-refractivity contribution in [3.63, 3.8) is 0 Å². The van der Waals surface area contributed by atoms with Gasteiger partial charge in [-0.1, -0.05) is 32.0 Å². The smallest absolute Gasteiger partial charge is 0.124 e. The zero-order valence-electron chi connectivity index (χ0n) is 12.5. The maximum Gasteiger partial charge on any atom is 0.124 e. The molecule has 1 aromatic rings. The molecule has 1 aromatic carbocycles. The van der Waals surface area contributed by atoms with Crippen molar-refractivity contribution in [1.29, 1.82) is 0 Å². The normalized spacial score (nSPS) is 27.5. The lowest BCUT2D eigenvalue weighted by molar-refractivity contribution is 0.191. The Balaban J connectivity index is 2.17. The molecule has 0 spiro atoms. The second kappa shape index (κ2) is 5.96. The van der Waals surface area contributed by atoms with Crippen LogP contribution in [-0.2, 0) is 5.54 Å². The largest absolute Gasteiger partial charge is 0.494 e. The first-order chi connectivity index (χ1) is 9.07. The summed E-state index contributed by atoms with van der Waals surface area (Å²) < 4.78 is 5.75. The van der Waals surface area contributed by atoms with Gasteiger partial charge < -0.3 is 10.5 Å². The van der Waals surface area contributed by atoms with Crippen molar-refractivity contribution in [3.05, 3.63) is 29.8 Å². The highest BCUT2D eigenvalue weighted by Crippen LogP contribution is 2.42. The van der Waals surface area contributed by atoms with Crippen LogP contribution in [0.25, 0.3) is 0 Å². The maximum absolute atomic E-state index is 6.69. The third-order valence-electron chi connectivity index (χ3n) is 4.59. The standard InChI is InChI=1S/C17H27NO/c1-4-19-16-8-6-5-7-15(16)17(18)11-9-14(10-12-17)13(2)3/h5-8,13-14H,4,9-12,18H2,1-3H3. The molecule has 2 nitrogen and oxygen atoms in total. The van der Waals surface area contributed by atoms with Crippen LogP contribution < -0.4 is 10.5 Å². The van der Waals surface area contributed by atoms with Crippen LogP contribution in [0.1, 0.15) is 52.0 Å². The van der Waals surface area contributed by atoms with E-state index in [2.05, 4.69) is 26.0 Å². The maximum atomic E-state index is 6.69. The SMILES string of the molecule is CCOc1ccccc1C1(N)CCC(C(C)C)CC1. The van der Waals surface area contributed by atoms with Gasteiger partial charge >= 0.3 is 0 Å². The van der Waals surface area contributed by atoms with Gasteiger partial charge in [0.05, 0.1) is 6.61 Å². The van der Waals surface area contributed by atoms with Crippen molar-refractivity contribution < 1.29 is 4.74 Å². The highest BCUT2D eigenvalue weighted by molar-refractivity contribution is 5.39. The Kier molecular flexibility index (Phi) is 4.51. The van der Waals surface area contributed by atoms with Gasteiger partial charge in [0, 0.05) is 11.1 Å². The number of hydrogen-bond acceptors (Lipinski definition) is 2. The molecule has 0 saturated heterocycles. The Labute approximate surface area is 117 Å². The van der Waals surface area contributed by atoms with E-state index in [1.165, 1.54) is 18.4 Å². The Bertz CT molecular complexity index is 405. The molecule has 2 rings (SSSR count). The van der Waals surface area contributed by atoms with E-state index in [9.17, 15) is 0 Å². The molecule has 0 heterocycles. The van der Waals surface area contributed by atoms with E-state index in [-0.39, 0.29) is 5.54 Å². The van der Waals surface area contributed by atoms with Crippen LogP contribution in [0.4, 0.5) is 0 Å². The van der Waals surface area contributed by atoms with Crippen LogP contribution >= 0.6 is 0 Å². The monoisotopic (exact) mass is 261 g/mol. The van der Waals surface area contributed by atoms with E-state index >= 15 is 0 Å². The summed E-state index contributed by atoms with van der Waals surface area (Å²) in [6.45, 7) is 7.36. The summed E-state index contributed by atoms with van der Waals surface area (Å²) >= 11 is 0. The molecule has 0 aliphatic heterocycles. The fraction of sp³-hybridized carbons (Fsp3) is 0.647. The highest BCUT2D eigenvalue weighted by atomic mass is 16.5. The van der Waals surface area contributed by atoms with Gasteiger partial charge in [-0.25, -0.2) is 0 Å². The molecule has 19 heavy (non-hydrogen) atoms. The molecule has 0 atom stereocenters. The van der Waals surface area contributed by atoms with Gasteiger partial charge in [-0.2, -0.15) is 0 Å². The molecule has 0 unspecified atom stereocenters. The summed E-state index contributed by atoms with van der Waals surface area (Å²) in [6.07, 6.45) is 4.60. The lowest BCUT2D eigenvalue weighted by atomic mass is 9.70. The number of nitrogens with two attached hydrogens (primary N) is 1. The molecule has 1 aliphatic carbocycles. The van der Waals surface area contributed by atoms with E-state index in [0.29, 0.717) is 6.61 Å². The quantitative estimate of drug-likeness (QED) is 0.886. The second-order valence-corrected chi connectivity index (χ2v) is 6.17. The molecule has 1 aliphatic rings. The Morgan fingerprint density at radius 3 is 2.47 bits per heavy atom. The molecule has 0 aromatic heterocycles. The summed E-state index contributed by atoms with van der Waals surface area (Å²) in [5, 5.41) is 0. The van der Waals surface area contributed by atoms with Gasteiger partial charge in [-0.3, -0.25) is 0 Å². The molecule has 1 saturated carbocycles. The predicted molar refractivity (Wildman–Crippen MR) is 80.3 cm³/mol. The van der Waals surface area contributed by atoms with E-state index < -0.39 is 0 Å². The predicted octanol–water partition coefficient (Wildman–Crippen LogP) is 4.09. The van der Waals surface area contributed by atoms with Gasteiger partial charge in [-0.05, 0) is 50.5 Å². The van der Waals surface area contributed by atoms with Crippen molar-refractivity contribution in [1.82, 2.24) is 0 Å². The van der Waals surface area contributed by atoms with Crippen molar-refractivity contribution in [2.24, 2.45) is 17.6 Å². The summed E-state index contributed by atoms with van der Waals surface area (Å²) in [6, 6.07) is 8.28. The minimum atomic E-state index is -0.197. The topological polar surface area (TPSA) is 35.2 Å². The number of para-hydroxylation sites is 1. The van der Waals surface area contributed by atoms with Crippen molar-refractivity contribution in [3.8, 4) is 5.75 Å². The molecule has 106 valence electrons. The Morgan fingerprint density at radius 1 is 1.26 bits per heavy atom. The molecule has 2 heteroatoms. The van der Waals surface area contributed by atoms with Crippen LogP contribution in [0.5, 0.6) is 5.75 Å². The van der Waals surface area contributed by atoms with Gasteiger partial charge in [0.2, 0.25) is 0 Å². The number of benzene rings is 1. The van der Waals surface area contributed by atoms with Gasteiger partial charge in [-0.15, -0.1) is 0 Å². The van der Waals surface area contributed by atoms with Crippen molar-refractivity contribution >= 4 is 0 Å². The minimum absolute atomic E-state index is 0.197. The van der Waals surface area contributed by atoms with E-state index in [1.54, 1.807) is 0 Å². The lowest BCUT2D eigenvalue weighted by Crippen LogP contribution is -2.41. The van der Waals surface area contributed by atoms with Crippen LogP contribution in [0.2, 0.25) is 0 Å². The molecule has 1 fully saturated rings. The molecular formula is C17H27NO. The first-order valence-electron chi connectivity index (χ1n) is 7.58. The highest BCUT2D eigenvalue weighted by Gasteiger charge is 2.35.